The molecule has 4 rings (SSSR count). The molecule has 4 nitrogen and oxygen atoms in total. The zero-order chi connectivity index (χ0) is 20.1. The summed E-state index contributed by atoms with van der Waals surface area (Å²) in [6, 6.07) is 28.9. The van der Waals surface area contributed by atoms with Crippen molar-refractivity contribution in [3.63, 3.8) is 0 Å². The Morgan fingerprint density at radius 2 is 1.48 bits per heavy atom. The predicted molar refractivity (Wildman–Crippen MR) is 117 cm³/mol. The molecule has 1 aromatic heterocycles. The topological polar surface area (TPSA) is 46.9 Å². The van der Waals surface area contributed by atoms with Gasteiger partial charge in [-0.1, -0.05) is 72.8 Å². The van der Waals surface area contributed by atoms with Gasteiger partial charge in [-0.15, -0.1) is 0 Å². The predicted octanol–water partition coefficient (Wildman–Crippen LogP) is 4.68. The number of imidazole rings is 1. The molecule has 4 aromatic rings. The van der Waals surface area contributed by atoms with Gasteiger partial charge in [0.2, 0.25) is 5.91 Å². The molecule has 1 heterocycles. The fourth-order valence-corrected chi connectivity index (χ4v) is 3.85. The van der Waals surface area contributed by atoms with Gasteiger partial charge in [0.15, 0.2) is 0 Å². The molecular formula is C25H25N3O. The van der Waals surface area contributed by atoms with Crippen LogP contribution in [0.25, 0.3) is 11.0 Å². The summed E-state index contributed by atoms with van der Waals surface area (Å²) in [4.78, 5) is 17.1. The van der Waals surface area contributed by atoms with E-state index in [1.54, 1.807) is 0 Å². The third kappa shape index (κ3) is 4.37. The average molecular weight is 383 g/mol. The molecule has 0 aliphatic carbocycles. The number of nitrogens with one attached hydrogen (secondary N) is 1. The Morgan fingerprint density at radius 3 is 2.14 bits per heavy atom. The van der Waals surface area contributed by atoms with Gasteiger partial charge in [0.25, 0.3) is 0 Å². The van der Waals surface area contributed by atoms with Crippen LogP contribution in [0.1, 0.15) is 29.3 Å². The van der Waals surface area contributed by atoms with Crippen molar-refractivity contribution in [2.24, 2.45) is 0 Å². The van der Waals surface area contributed by atoms with Gasteiger partial charge < -0.3 is 9.88 Å². The maximum atomic E-state index is 12.6. The maximum Gasteiger partial charge on any atom is 0.240 e. The summed E-state index contributed by atoms with van der Waals surface area (Å²) in [5.74, 6) is 1.12. The van der Waals surface area contributed by atoms with Gasteiger partial charge >= 0.3 is 0 Å². The fraction of sp³-hybridized carbons (Fsp3) is 0.200. The van der Waals surface area contributed by atoms with E-state index in [0.29, 0.717) is 6.54 Å². The van der Waals surface area contributed by atoms with Crippen LogP contribution in [-0.2, 0) is 11.3 Å². The first-order valence-corrected chi connectivity index (χ1v) is 10.0. The van der Waals surface area contributed by atoms with Crippen molar-refractivity contribution in [3.8, 4) is 0 Å². The number of benzene rings is 3. The Morgan fingerprint density at radius 1 is 0.897 bits per heavy atom. The van der Waals surface area contributed by atoms with Gasteiger partial charge in [0.05, 0.1) is 11.0 Å². The first kappa shape index (κ1) is 18.9. The number of rotatable bonds is 7. The number of fused-ring (bicyclic) bond motifs is 1. The first-order valence-electron chi connectivity index (χ1n) is 10.0. The molecule has 3 aromatic carbocycles. The van der Waals surface area contributed by atoms with Crippen molar-refractivity contribution < 1.29 is 4.79 Å². The van der Waals surface area contributed by atoms with Gasteiger partial charge in [-0.05, 0) is 36.6 Å². The van der Waals surface area contributed by atoms with Gasteiger partial charge in [-0.2, -0.15) is 0 Å². The average Bonchev–Trinajstić information content (AvgIpc) is 3.07. The lowest BCUT2D eigenvalue weighted by Crippen LogP contribution is -2.29. The number of aromatic nitrogens is 2. The van der Waals surface area contributed by atoms with Crippen LogP contribution in [0.4, 0.5) is 0 Å². The van der Waals surface area contributed by atoms with E-state index in [2.05, 4.69) is 58.8 Å². The highest BCUT2D eigenvalue weighted by Crippen LogP contribution is 2.27. The smallest absolute Gasteiger partial charge is 0.240 e. The number of para-hydroxylation sites is 2. The van der Waals surface area contributed by atoms with E-state index in [9.17, 15) is 4.79 Å². The third-order valence-electron chi connectivity index (χ3n) is 5.31. The summed E-state index contributed by atoms with van der Waals surface area (Å²) in [6.45, 7) is 2.85. The summed E-state index contributed by atoms with van der Waals surface area (Å²) in [5, 5.41) is 3.10. The van der Waals surface area contributed by atoms with E-state index in [-0.39, 0.29) is 18.4 Å². The molecule has 0 atom stereocenters. The van der Waals surface area contributed by atoms with E-state index >= 15 is 0 Å². The van der Waals surface area contributed by atoms with Gasteiger partial charge in [0.1, 0.15) is 12.4 Å². The SMILES string of the molecule is Cc1nc2ccccc2n1CC(=O)NCCC(c1ccccc1)c1ccccc1. The summed E-state index contributed by atoms with van der Waals surface area (Å²) >= 11 is 0. The van der Waals surface area contributed by atoms with Crippen molar-refractivity contribution >= 4 is 16.9 Å². The quantitative estimate of drug-likeness (QED) is 0.504. The second kappa shape index (κ2) is 8.74. The summed E-state index contributed by atoms with van der Waals surface area (Å²) in [5.41, 5.74) is 4.45. The highest BCUT2D eigenvalue weighted by atomic mass is 16.1. The van der Waals surface area contributed by atoms with Crippen LogP contribution in [0.15, 0.2) is 84.9 Å². The van der Waals surface area contributed by atoms with Crippen molar-refractivity contribution in [3.05, 3.63) is 102 Å². The van der Waals surface area contributed by atoms with Crippen LogP contribution in [0.3, 0.4) is 0 Å². The van der Waals surface area contributed by atoms with Crippen molar-refractivity contribution in [2.45, 2.75) is 25.8 Å². The minimum atomic E-state index is 0.0103. The van der Waals surface area contributed by atoms with E-state index in [1.807, 2.05) is 47.9 Å². The van der Waals surface area contributed by atoms with Crippen molar-refractivity contribution in [1.29, 1.82) is 0 Å². The fourth-order valence-electron chi connectivity index (χ4n) is 3.85. The molecule has 0 saturated heterocycles. The zero-order valence-corrected chi connectivity index (χ0v) is 16.6. The van der Waals surface area contributed by atoms with E-state index < -0.39 is 0 Å². The Bertz CT molecular complexity index is 1050. The zero-order valence-electron chi connectivity index (χ0n) is 16.6. The van der Waals surface area contributed by atoms with E-state index in [4.69, 9.17) is 0 Å². The van der Waals surface area contributed by atoms with Crippen LogP contribution >= 0.6 is 0 Å². The molecule has 0 radical (unpaired) electrons. The van der Waals surface area contributed by atoms with Crippen LogP contribution in [0.5, 0.6) is 0 Å². The molecule has 1 N–H and O–H groups in total. The lowest BCUT2D eigenvalue weighted by atomic mass is 9.88. The molecular weight excluding hydrogens is 358 g/mol. The molecule has 0 aliphatic rings. The molecule has 0 fully saturated rings. The number of hydrogen-bond acceptors (Lipinski definition) is 2. The number of aryl methyl sites for hydroxylation is 1. The Labute approximate surface area is 171 Å². The number of nitrogens with zero attached hydrogens (tertiary/aromatic N) is 2. The molecule has 29 heavy (non-hydrogen) atoms. The second-order valence-electron chi connectivity index (χ2n) is 7.25. The van der Waals surface area contributed by atoms with Crippen LogP contribution < -0.4 is 5.32 Å². The number of amides is 1. The summed E-state index contributed by atoms with van der Waals surface area (Å²) in [6.07, 6.45) is 0.851. The Balaban J connectivity index is 1.42. The van der Waals surface area contributed by atoms with Gasteiger partial charge in [-0.25, -0.2) is 4.98 Å². The van der Waals surface area contributed by atoms with Crippen molar-refractivity contribution in [1.82, 2.24) is 14.9 Å². The van der Waals surface area contributed by atoms with Crippen LogP contribution in [0, 0.1) is 6.92 Å². The monoisotopic (exact) mass is 383 g/mol. The van der Waals surface area contributed by atoms with Crippen molar-refractivity contribution in [2.75, 3.05) is 6.54 Å². The highest BCUT2D eigenvalue weighted by Gasteiger charge is 2.15. The largest absolute Gasteiger partial charge is 0.355 e. The maximum absolute atomic E-state index is 12.6. The van der Waals surface area contributed by atoms with E-state index in [1.165, 1.54) is 11.1 Å². The molecule has 146 valence electrons. The molecule has 0 bridgehead atoms. The normalized spacial score (nSPS) is 11.1. The molecule has 0 saturated carbocycles. The highest BCUT2D eigenvalue weighted by molar-refractivity contribution is 5.81. The Kier molecular flexibility index (Phi) is 5.71. The lowest BCUT2D eigenvalue weighted by Gasteiger charge is -2.18. The minimum Gasteiger partial charge on any atom is -0.355 e. The summed E-state index contributed by atoms with van der Waals surface area (Å²) < 4.78 is 1.97. The molecule has 1 amide bonds. The molecule has 4 heteroatoms. The second-order valence-corrected chi connectivity index (χ2v) is 7.25. The minimum absolute atomic E-state index is 0.0103. The van der Waals surface area contributed by atoms with Gasteiger partial charge in [0, 0.05) is 12.5 Å². The molecule has 0 aliphatic heterocycles. The lowest BCUT2D eigenvalue weighted by molar-refractivity contribution is -0.121. The number of carbonyl (C=O) groups is 1. The third-order valence-corrected chi connectivity index (χ3v) is 5.31. The van der Waals surface area contributed by atoms with Crippen LogP contribution in [0.2, 0.25) is 0 Å². The molecule has 0 unspecified atom stereocenters. The Hall–Kier alpha value is -3.40. The number of carbonyl (C=O) groups excluding carboxylic acids is 1. The number of hydrogen-bond donors (Lipinski definition) is 1. The molecule has 0 spiro atoms. The summed E-state index contributed by atoms with van der Waals surface area (Å²) in [7, 11) is 0. The van der Waals surface area contributed by atoms with E-state index in [0.717, 1.165) is 23.3 Å². The van der Waals surface area contributed by atoms with Crippen LogP contribution in [-0.4, -0.2) is 22.0 Å². The standard InChI is InChI=1S/C25H25N3O/c1-19-27-23-14-8-9-15-24(23)28(19)18-25(29)26-17-16-22(20-10-4-2-5-11-20)21-12-6-3-7-13-21/h2-15,22H,16-18H2,1H3,(H,26,29). The first-order chi connectivity index (χ1) is 14.2. The van der Waals surface area contributed by atoms with Gasteiger partial charge in [-0.3, -0.25) is 4.79 Å².